The van der Waals surface area contributed by atoms with E-state index >= 15 is 0 Å². The molecular formula is C15H19FN2O2. The molecule has 4 nitrogen and oxygen atoms in total. The van der Waals surface area contributed by atoms with Gasteiger partial charge in [-0.05, 0) is 45.0 Å². The summed E-state index contributed by atoms with van der Waals surface area (Å²) in [5.41, 5.74) is 1.46. The summed E-state index contributed by atoms with van der Waals surface area (Å²) >= 11 is 0. The standard InChI is InChI=1S/C15H19FN2O2/c1-10(19)9-18-6-4-11(5-7-18)15-13-3-2-12(16)8-14(13)20-17-15/h2-3,8,10-11,19H,4-7,9H2,1H3. The van der Waals surface area contributed by atoms with Crippen LogP contribution < -0.4 is 0 Å². The lowest BCUT2D eigenvalue weighted by Crippen LogP contribution is -2.37. The van der Waals surface area contributed by atoms with Gasteiger partial charge in [-0.2, -0.15) is 0 Å². The van der Waals surface area contributed by atoms with Crippen LogP contribution in [0.3, 0.4) is 0 Å². The molecule has 20 heavy (non-hydrogen) atoms. The van der Waals surface area contributed by atoms with Crippen LogP contribution in [0.4, 0.5) is 4.39 Å². The molecule has 1 fully saturated rings. The number of rotatable bonds is 3. The molecule has 0 radical (unpaired) electrons. The van der Waals surface area contributed by atoms with Crippen LogP contribution in [0, 0.1) is 5.82 Å². The Kier molecular flexibility index (Phi) is 3.72. The average Bonchev–Trinajstić information content (AvgIpc) is 2.82. The van der Waals surface area contributed by atoms with Gasteiger partial charge in [0.25, 0.3) is 0 Å². The van der Waals surface area contributed by atoms with E-state index < -0.39 is 0 Å². The van der Waals surface area contributed by atoms with Crippen LogP contribution in [-0.4, -0.2) is 40.9 Å². The molecule has 1 aliphatic heterocycles. The predicted octanol–water partition coefficient (Wildman–Crippen LogP) is 2.53. The van der Waals surface area contributed by atoms with Crippen LogP contribution in [0.1, 0.15) is 31.4 Å². The fourth-order valence-corrected chi connectivity index (χ4v) is 2.99. The molecule has 0 aliphatic carbocycles. The molecule has 1 aromatic carbocycles. The second-order valence-electron chi connectivity index (χ2n) is 5.63. The van der Waals surface area contributed by atoms with Crippen molar-refractivity contribution in [2.75, 3.05) is 19.6 Å². The van der Waals surface area contributed by atoms with E-state index in [9.17, 15) is 9.50 Å². The molecule has 2 aromatic rings. The van der Waals surface area contributed by atoms with Gasteiger partial charge < -0.3 is 14.5 Å². The molecule has 0 bridgehead atoms. The second kappa shape index (κ2) is 5.50. The van der Waals surface area contributed by atoms with Crippen molar-refractivity contribution in [1.29, 1.82) is 0 Å². The Labute approximate surface area is 117 Å². The number of aliphatic hydroxyl groups excluding tert-OH is 1. The summed E-state index contributed by atoms with van der Waals surface area (Å²) in [5.74, 6) is 0.0545. The monoisotopic (exact) mass is 278 g/mol. The third-order valence-corrected chi connectivity index (χ3v) is 3.96. The smallest absolute Gasteiger partial charge is 0.170 e. The maximum absolute atomic E-state index is 13.1. The third-order valence-electron chi connectivity index (χ3n) is 3.96. The Hall–Kier alpha value is -1.46. The number of β-amino-alcohol motifs (C(OH)–C–C–N with tert-alkyl or cyclic N) is 1. The first-order chi connectivity index (χ1) is 9.63. The molecule has 0 saturated carbocycles. The molecule has 1 atom stereocenters. The van der Waals surface area contributed by atoms with Gasteiger partial charge in [-0.15, -0.1) is 0 Å². The molecule has 2 heterocycles. The van der Waals surface area contributed by atoms with Crippen molar-refractivity contribution < 1.29 is 14.0 Å². The van der Waals surface area contributed by atoms with Crippen molar-refractivity contribution in [3.8, 4) is 0 Å². The van der Waals surface area contributed by atoms with Gasteiger partial charge in [-0.3, -0.25) is 0 Å². The Bertz CT molecular complexity index is 589. The highest BCUT2D eigenvalue weighted by molar-refractivity contribution is 5.79. The van der Waals surface area contributed by atoms with E-state index in [4.69, 9.17) is 4.52 Å². The Morgan fingerprint density at radius 1 is 1.45 bits per heavy atom. The Morgan fingerprint density at radius 3 is 2.90 bits per heavy atom. The molecule has 5 heteroatoms. The maximum Gasteiger partial charge on any atom is 0.170 e. The van der Waals surface area contributed by atoms with Crippen LogP contribution in [0.15, 0.2) is 22.7 Å². The number of fused-ring (bicyclic) bond motifs is 1. The number of hydrogen-bond acceptors (Lipinski definition) is 4. The van der Waals surface area contributed by atoms with Crippen molar-refractivity contribution in [3.63, 3.8) is 0 Å². The van der Waals surface area contributed by atoms with Gasteiger partial charge in [-0.1, -0.05) is 5.16 Å². The molecule has 0 amide bonds. The van der Waals surface area contributed by atoms with Gasteiger partial charge >= 0.3 is 0 Å². The zero-order chi connectivity index (χ0) is 14.1. The van der Waals surface area contributed by atoms with Crippen LogP contribution in [-0.2, 0) is 0 Å². The quantitative estimate of drug-likeness (QED) is 0.937. The highest BCUT2D eigenvalue weighted by atomic mass is 19.1. The van der Waals surface area contributed by atoms with Crippen molar-refractivity contribution >= 4 is 11.0 Å². The second-order valence-corrected chi connectivity index (χ2v) is 5.63. The fraction of sp³-hybridized carbons (Fsp3) is 0.533. The number of aliphatic hydroxyl groups is 1. The predicted molar refractivity (Wildman–Crippen MR) is 74.1 cm³/mol. The average molecular weight is 278 g/mol. The van der Waals surface area contributed by atoms with E-state index in [0.29, 0.717) is 11.5 Å². The van der Waals surface area contributed by atoms with Crippen molar-refractivity contribution in [1.82, 2.24) is 10.1 Å². The summed E-state index contributed by atoms with van der Waals surface area (Å²) in [6.07, 6.45) is 1.69. The van der Waals surface area contributed by atoms with E-state index in [1.807, 2.05) is 6.92 Å². The molecule has 1 N–H and O–H groups in total. The van der Waals surface area contributed by atoms with E-state index in [-0.39, 0.29) is 11.9 Å². The molecule has 3 rings (SSSR count). The van der Waals surface area contributed by atoms with Crippen molar-refractivity contribution in [2.45, 2.75) is 31.8 Å². The van der Waals surface area contributed by atoms with E-state index in [2.05, 4.69) is 10.1 Å². The van der Waals surface area contributed by atoms with E-state index in [0.717, 1.165) is 43.6 Å². The number of aromatic nitrogens is 1. The molecule has 1 aromatic heterocycles. The SMILES string of the molecule is CC(O)CN1CCC(c2noc3cc(F)ccc23)CC1. The summed E-state index contributed by atoms with van der Waals surface area (Å²) in [4.78, 5) is 2.27. The van der Waals surface area contributed by atoms with Crippen LogP contribution >= 0.6 is 0 Å². The fourth-order valence-electron chi connectivity index (χ4n) is 2.99. The number of halogens is 1. The molecule has 1 aliphatic rings. The first-order valence-corrected chi connectivity index (χ1v) is 7.08. The van der Waals surface area contributed by atoms with E-state index in [1.54, 1.807) is 6.07 Å². The molecule has 1 saturated heterocycles. The highest BCUT2D eigenvalue weighted by Gasteiger charge is 2.25. The molecule has 0 spiro atoms. The lowest BCUT2D eigenvalue weighted by atomic mass is 9.91. The minimum atomic E-state index is -0.299. The molecule has 108 valence electrons. The van der Waals surface area contributed by atoms with Crippen LogP contribution in [0.5, 0.6) is 0 Å². The Balaban J connectivity index is 1.73. The number of hydrogen-bond donors (Lipinski definition) is 1. The topological polar surface area (TPSA) is 49.5 Å². The number of nitrogens with zero attached hydrogens (tertiary/aromatic N) is 2. The highest BCUT2D eigenvalue weighted by Crippen LogP contribution is 2.32. The molecule has 1 unspecified atom stereocenters. The first-order valence-electron chi connectivity index (χ1n) is 7.08. The Morgan fingerprint density at radius 2 is 2.20 bits per heavy atom. The van der Waals surface area contributed by atoms with Gasteiger partial charge in [0.15, 0.2) is 5.58 Å². The summed E-state index contributed by atoms with van der Waals surface area (Å²) < 4.78 is 18.4. The van der Waals surface area contributed by atoms with Crippen molar-refractivity contribution in [3.05, 3.63) is 29.7 Å². The number of likely N-dealkylation sites (tertiary alicyclic amines) is 1. The van der Waals surface area contributed by atoms with Crippen LogP contribution in [0.25, 0.3) is 11.0 Å². The van der Waals surface area contributed by atoms with Gasteiger partial charge in [0.1, 0.15) is 5.82 Å². The summed E-state index contributed by atoms with van der Waals surface area (Å²) in [6.45, 7) is 4.43. The van der Waals surface area contributed by atoms with Gasteiger partial charge in [0.2, 0.25) is 0 Å². The maximum atomic E-state index is 13.1. The number of benzene rings is 1. The first kappa shape index (κ1) is 13.5. The van der Waals surface area contributed by atoms with Gasteiger partial charge in [0, 0.05) is 23.9 Å². The van der Waals surface area contributed by atoms with Gasteiger partial charge in [0.05, 0.1) is 11.8 Å². The van der Waals surface area contributed by atoms with Crippen LogP contribution in [0.2, 0.25) is 0 Å². The lowest BCUT2D eigenvalue weighted by Gasteiger charge is -2.31. The van der Waals surface area contributed by atoms with Gasteiger partial charge in [-0.25, -0.2) is 4.39 Å². The van der Waals surface area contributed by atoms with E-state index in [1.165, 1.54) is 12.1 Å². The summed E-state index contributed by atoms with van der Waals surface area (Å²) in [7, 11) is 0. The minimum absolute atomic E-state index is 0.289. The molecular weight excluding hydrogens is 259 g/mol. The summed E-state index contributed by atoms with van der Waals surface area (Å²) in [5, 5.41) is 14.5. The lowest BCUT2D eigenvalue weighted by molar-refractivity contribution is 0.108. The van der Waals surface area contributed by atoms with Crippen molar-refractivity contribution in [2.24, 2.45) is 0 Å². The third kappa shape index (κ3) is 2.69. The summed E-state index contributed by atoms with van der Waals surface area (Å²) in [6, 6.07) is 4.58. The largest absolute Gasteiger partial charge is 0.392 e. The zero-order valence-electron chi connectivity index (χ0n) is 11.6. The normalized spacial score (nSPS) is 19.6. The number of piperidine rings is 1. The zero-order valence-corrected chi connectivity index (χ0v) is 11.6. The minimum Gasteiger partial charge on any atom is -0.392 e.